The van der Waals surface area contributed by atoms with Gasteiger partial charge in [-0.3, -0.25) is 9.78 Å². The molecule has 104 valence electrons. The van der Waals surface area contributed by atoms with Crippen molar-refractivity contribution in [2.75, 3.05) is 5.32 Å². The quantitative estimate of drug-likeness (QED) is 0.876. The number of benzene rings is 1. The van der Waals surface area contributed by atoms with Crippen molar-refractivity contribution in [2.45, 2.75) is 25.8 Å². The number of hydrogen-bond acceptors (Lipinski definition) is 3. The predicted molar refractivity (Wildman–Crippen MR) is 78.7 cm³/mol. The molecule has 0 aliphatic carbocycles. The molecule has 4 nitrogen and oxygen atoms in total. The summed E-state index contributed by atoms with van der Waals surface area (Å²) in [5, 5.41) is 12.7. The molecule has 0 amide bonds. The van der Waals surface area contributed by atoms with Gasteiger partial charge in [0.05, 0.1) is 5.41 Å². The topological polar surface area (TPSA) is 62.2 Å². The molecule has 0 aliphatic rings. The Morgan fingerprint density at radius 2 is 2.00 bits per heavy atom. The van der Waals surface area contributed by atoms with Crippen LogP contribution in [0.5, 0.6) is 0 Å². The zero-order valence-corrected chi connectivity index (χ0v) is 11.6. The molecule has 0 aliphatic heterocycles. The summed E-state index contributed by atoms with van der Waals surface area (Å²) in [5.74, 6) is -0.840. The van der Waals surface area contributed by atoms with Gasteiger partial charge in [0.2, 0.25) is 0 Å². The fourth-order valence-corrected chi connectivity index (χ4v) is 2.00. The number of nitrogens with zero attached hydrogens (tertiary/aromatic N) is 1. The summed E-state index contributed by atoms with van der Waals surface area (Å²) in [6.45, 7) is 4.03. The molecule has 4 heteroatoms. The summed E-state index contributed by atoms with van der Waals surface area (Å²) in [7, 11) is 0. The Balaban J connectivity index is 2.23. The maximum atomic E-state index is 11.4. The lowest BCUT2D eigenvalue weighted by Gasteiger charge is -2.23. The van der Waals surface area contributed by atoms with E-state index in [0.29, 0.717) is 6.54 Å². The fourth-order valence-electron chi connectivity index (χ4n) is 2.00. The summed E-state index contributed by atoms with van der Waals surface area (Å²) < 4.78 is 0. The van der Waals surface area contributed by atoms with Gasteiger partial charge < -0.3 is 10.4 Å². The molecule has 1 heterocycles. The van der Waals surface area contributed by atoms with Crippen molar-refractivity contribution < 1.29 is 9.90 Å². The van der Waals surface area contributed by atoms with Gasteiger partial charge in [0.25, 0.3) is 0 Å². The van der Waals surface area contributed by atoms with Crippen molar-refractivity contribution in [1.82, 2.24) is 4.98 Å². The predicted octanol–water partition coefficient (Wildman–Crippen LogP) is 3.06. The summed E-state index contributed by atoms with van der Waals surface area (Å²) >= 11 is 0. The third kappa shape index (κ3) is 2.96. The van der Waals surface area contributed by atoms with E-state index < -0.39 is 11.4 Å². The van der Waals surface area contributed by atoms with E-state index in [2.05, 4.69) is 10.3 Å². The normalized spacial score (nSPS) is 11.1. The third-order valence-electron chi connectivity index (χ3n) is 3.34. The van der Waals surface area contributed by atoms with Gasteiger partial charge in [0.1, 0.15) is 0 Å². The molecule has 1 aromatic carbocycles. The molecule has 0 spiro atoms. The van der Waals surface area contributed by atoms with Crippen LogP contribution in [0.25, 0.3) is 0 Å². The molecule has 2 aromatic rings. The molecule has 2 N–H and O–H groups in total. The number of pyridine rings is 1. The average molecular weight is 270 g/mol. The van der Waals surface area contributed by atoms with Crippen LogP contribution < -0.4 is 5.32 Å². The molecular formula is C16H18N2O2. The van der Waals surface area contributed by atoms with Crippen molar-refractivity contribution in [1.29, 1.82) is 0 Å². The molecule has 0 unspecified atom stereocenters. The van der Waals surface area contributed by atoms with Gasteiger partial charge in [-0.05, 0) is 37.1 Å². The van der Waals surface area contributed by atoms with Crippen molar-refractivity contribution in [3.63, 3.8) is 0 Å². The first-order valence-corrected chi connectivity index (χ1v) is 6.47. The van der Waals surface area contributed by atoms with Gasteiger partial charge in [-0.1, -0.05) is 24.3 Å². The second-order valence-corrected chi connectivity index (χ2v) is 5.19. The van der Waals surface area contributed by atoms with E-state index in [4.69, 9.17) is 0 Å². The number of anilines is 1. The Hall–Kier alpha value is -2.36. The monoisotopic (exact) mass is 270 g/mol. The SMILES string of the molecule is CC(C)(C(=O)O)c1ccccc1NCc1cccnc1. The minimum Gasteiger partial charge on any atom is -0.481 e. The number of carboxylic acids is 1. The van der Waals surface area contributed by atoms with Crippen LogP contribution in [-0.4, -0.2) is 16.1 Å². The van der Waals surface area contributed by atoms with Gasteiger partial charge in [-0.25, -0.2) is 0 Å². The Bertz CT molecular complexity index is 594. The molecular weight excluding hydrogens is 252 g/mol. The highest BCUT2D eigenvalue weighted by molar-refractivity contribution is 5.83. The van der Waals surface area contributed by atoms with Gasteiger partial charge in [0.15, 0.2) is 0 Å². The van der Waals surface area contributed by atoms with E-state index in [1.165, 1.54) is 0 Å². The Morgan fingerprint density at radius 1 is 1.25 bits per heavy atom. The maximum Gasteiger partial charge on any atom is 0.313 e. The van der Waals surface area contributed by atoms with E-state index >= 15 is 0 Å². The molecule has 0 atom stereocenters. The highest BCUT2D eigenvalue weighted by Gasteiger charge is 2.31. The van der Waals surface area contributed by atoms with Crippen molar-refractivity contribution in [3.8, 4) is 0 Å². The van der Waals surface area contributed by atoms with Crippen LogP contribution in [0.15, 0.2) is 48.8 Å². The van der Waals surface area contributed by atoms with E-state index in [-0.39, 0.29) is 0 Å². The Kier molecular flexibility index (Phi) is 4.03. The van der Waals surface area contributed by atoms with E-state index in [1.807, 2.05) is 36.4 Å². The van der Waals surface area contributed by atoms with Gasteiger partial charge in [-0.15, -0.1) is 0 Å². The van der Waals surface area contributed by atoms with Crippen LogP contribution in [0.3, 0.4) is 0 Å². The number of carboxylic acid groups (broad SMARTS) is 1. The number of aromatic nitrogens is 1. The van der Waals surface area contributed by atoms with Gasteiger partial charge >= 0.3 is 5.97 Å². The summed E-state index contributed by atoms with van der Waals surface area (Å²) in [6.07, 6.45) is 3.52. The van der Waals surface area contributed by atoms with Crippen molar-refractivity contribution in [3.05, 3.63) is 59.9 Å². The third-order valence-corrected chi connectivity index (χ3v) is 3.34. The minimum atomic E-state index is -0.932. The van der Waals surface area contributed by atoms with Crippen LogP contribution in [0.2, 0.25) is 0 Å². The molecule has 0 bridgehead atoms. The van der Waals surface area contributed by atoms with E-state index in [1.54, 1.807) is 26.2 Å². The second-order valence-electron chi connectivity index (χ2n) is 5.19. The number of nitrogens with one attached hydrogen (secondary N) is 1. The Morgan fingerprint density at radius 3 is 2.65 bits per heavy atom. The van der Waals surface area contributed by atoms with Crippen molar-refractivity contribution >= 4 is 11.7 Å². The molecule has 2 rings (SSSR count). The first-order valence-electron chi connectivity index (χ1n) is 6.47. The Labute approximate surface area is 118 Å². The van der Waals surface area contributed by atoms with Crippen LogP contribution in [0.4, 0.5) is 5.69 Å². The lowest BCUT2D eigenvalue weighted by atomic mass is 9.83. The lowest BCUT2D eigenvalue weighted by molar-refractivity contribution is -0.142. The fraction of sp³-hybridized carbons (Fsp3) is 0.250. The first-order chi connectivity index (χ1) is 9.51. The molecule has 1 aromatic heterocycles. The zero-order valence-electron chi connectivity index (χ0n) is 11.6. The number of hydrogen-bond donors (Lipinski definition) is 2. The highest BCUT2D eigenvalue weighted by Crippen LogP contribution is 2.30. The number of carbonyl (C=O) groups is 1. The average Bonchev–Trinajstić information content (AvgIpc) is 2.46. The summed E-state index contributed by atoms with van der Waals surface area (Å²) in [6, 6.07) is 11.4. The molecule has 0 radical (unpaired) electrons. The maximum absolute atomic E-state index is 11.4. The van der Waals surface area contributed by atoms with Crippen LogP contribution in [-0.2, 0) is 16.8 Å². The highest BCUT2D eigenvalue weighted by atomic mass is 16.4. The van der Waals surface area contributed by atoms with E-state index in [9.17, 15) is 9.90 Å². The number of aliphatic carboxylic acids is 1. The number of para-hydroxylation sites is 1. The van der Waals surface area contributed by atoms with Gasteiger partial charge in [0, 0.05) is 24.6 Å². The lowest BCUT2D eigenvalue weighted by Crippen LogP contribution is -2.29. The largest absolute Gasteiger partial charge is 0.481 e. The first kappa shape index (κ1) is 14.1. The van der Waals surface area contributed by atoms with Gasteiger partial charge in [-0.2, -0.15) is 0 Å². The molecule has 20 heavy (non-hydrogen) atoms. The minimum absolute atomic E-state index is 0.612. The summed E-state index contributed by atoms with van der Waals surface area (Å²) in [4.78, 5) is 15.5. The molecule has 0 fully saturated rings. The van der Waals surface area contributed by atoms with Crippen LogP contribution in [0, 0.1) is 0 Å². The van der Waals surface area contributed by atoms with Crippen molar-refractivity contribution in [2.24, 2.45) is 0 Å². The molecule has 0 saturated carbocycles. The smallest absolute Gasteiger partial charge is 0.313 e. The molecule has 0 saturated heterocycles. The second kappa shape index (κ2) is 5.74. The standard InChI is InChI=1S/C16H18N2O2/c1-16(2,15(19)20)13-7-3-4-8-14(13)18-11-12-6-5-9-17-10-12/h3-10,18H,11H2,1-2H3,(H,19,20). The van der Waals surface area contributed by atoms with E-state index in [0.717, 1.165) is 16.8 Å². The van der Waals surface area contributed by atoms with Crippen LogP contribution >= 0.6 is 0 Å². The zero-order chi connectivity index (χ0) is 14.6. The number of rotatable bonds is 5. The van der Waals surface area contributed by atoms with Crippen LogP contribution in [0.1, 0.15) is 25.0 Å². The summed E-state index contributed by atoms with van der Waals surface area (Å²) in [5.41, 5.74) is 1.73.